The molecule has 4 heteroatoms. The smallest absolute Gasteiger partial charge is 0.220 e. The Morgan fingerprint density at radius 2 is 1.95 bits per heavy atom. The van der Waals surface area contributed by atoms with Crippen molar-refractivity contribution in [3.05, 3.63) is 47.0 Å². The van der Waals surface area contributed by atoms with Crippen LogP contribution in [0.15, 0.2) is 35.9 Å². The quantitative estimate of drug-likeness (QED) is 0.793. The number of nitrogens with one attached hydrogen (secondary N) is 2. The van der Waals surface area contributed by atoms with E-state index < -0.39 is 0 Å². The molecule has 21 heavy (non-hydrogen) atoms. The summed E-state index contributed by atoms with van der Waals surface area (Å²) in [6.45, 7) is 4.80. The molecule has 1 aliphatic heterocycles. The first-order chi connectivity index (χ1) is 9.78. The molecule has 3 nitrogen and oxygen atoms in total. The van der Waals surface area contributed by atoms with E-state index in [0.29, 0.717) is 13.0 Å². The van der Waals surface area contributed by atoms with Crippen LogP contribution >= 0.6 is 12.4 Å². The van der Waals surface area contributed by atoms with Crippen LogP contribution in [-0.4, -0.2) is 25.5 Å². The fraction of sp³-hybridized carbons (Fsp3) is 0.471. The van der Waals surface area contributed by atoms with Gasteiger partial charge in [0.1, 0.15) is 0 Å². The molecule has 0 saturated carbocycles. The fourth-order valence-electron chi connectivity index (χ4n) is 2.33. The van der Waals surface area contributed by atoms with Gasteiger partial charge in [-0.25, -0.2) is 0 Å². The van der Waals surface area contributed by atoms with E-state index in [0.717, 1.165) is 32.4 Å². The summed E-state index contributed by atoms with van der Waals surface area (Å²) in [5.41, 5.74) is 3.92. The predicted octanol–water partition coefficient (Wildman–Crippen LogP) is 2.64. The van der Waals surface area contributed by atoms with E-state index in [1.54, 1.807) is 0 Å². The molecule has 1 amide bonds. The van der Waals surface area contributed by atoms with Gasteiger partial charge in [-0.3, -0.25) is 4.79 Å². The molecule has 1 aliphatic rings. The first-order valence-electron chi connectivity index (χ1n) is 7.51. The second-order valence-corrected chi connectivity index (χ2v) is 5.26. The highest BCUT2D eigenvalue weighted by Gasteiger charge is 2.06. The maximum absolute atomic E-state index is 11.8. The highest BCUT2D eigenvalue weighted by atomic mass is 35.5. The number of benzene rings is 1. The molecule has 0 fully saturated rings. The Balaban J connectivity index is 0.00000220. The van der Waals surface area contributed by atoms with Gasteiger partial charge in [0.05, 0.1) is 0 Å². The maximum atomic E-state index is 11.8. The molecule has 2 rings (SSSR count). The second kappa shape index (κ2) is 9.59. The van der Waals surface area contributed by atoms with Gasteiger partial charge in [0.15, 0.2) is 0 Å². The first kappa shape index (κ1) is 17.7. The van der Waals surface area contributed by atoms with E-state index in [1.165, 1.54) is 16.7 Å². The number of amides is 1. The van der Waals surface area contributed by atoms with Gasteiger partial charge in [-0.15, -0.1) is 12.4 Å². The number of hydrogen-bond donors (Lipinski definition) is 2. The topological polar surface area (TPSA) is 41.1 Å². The molecule has 1 heterocycles. The standard InChI is InChI=1S/C17H24N2O.ClH/c1-2-14-3-5-15(6-4-14)7-8-17(20)19-13-16-9-11-18-12-10-16;/h3-6,9,18H,2,7-8,10-13H2,1H3,(H,19,20);1H. The number of halogens is 1. The Kier molecular flexibility index (Phi) is 8.09. The van der Waals surface area contributed by atoms with E-state index in [4.69, 9.17) is 0 Å². The molecule has 0 saturated heterocycles. The van der Waals surface area contributed by atoms with Gasteiger partial charge >= 0.3 is 0 Å². The molecule has 0 aromatic heterocycles. The summed E-state index contributed by atoms with van der Waals surface area (Å²) in [6, 6.07) is 8.54. The molecule has 0 radical (unpaired) electrons. The van der Waals surface area contributed by atoms with Crippen LogP contribution in [0.1, 0.15) is 30.9 Å². The number of rotatable bonds is 6. The second-order valence-electron chi connectivity index (χ2n) is 5.26. The van der Waals surface area contributed by atoms with Crippen LogP contribution in [0.3, 0.4) is 0 Å². The monoisotopic (exact) mass is 308 g/mol. The fourth-order valence-corrected chi connectivity index (χ4v) is 2.33. The lowest BCUT2D eigenvalue weighted by atomic mass is 10.1. The van der Waals surface area contributed by atoms with Crippen LogP contribution < -0.4 is 10.6 Å². The summed E-state index contributed by atoms with van der Waals surface area (Å²) in [5, 5.41) is 6.28. The van der Waals surface area contributed by atoms with E-state index in [1.807, 2.05) is 0 Å². The predicted molar refractivity (Wildman–Crippen MR) is 90.0 cm³/mol. The van der Waals surface area contributed by atoms with Crippen LogP contribution in [0.5, 0.6) is 0 Å². The highest BCUT2D eigenvalue weighted by molar-refractivity contribution is 5.85. The number of hydrogen-bond acceptors (Lipinski definition) is 2. The van der Waals surface area contributed by atoms with Gasteiger partial charge < -0.3 is 10.6 Å². The molecule has 1 aromatic carbocycles. The molecular formula is C17H25ClN2O. The van der Waals surface area contributed by atoms with Crippen LogP contribution in [0.25, 0.3) is 0 Å². The van der Waals surface area contributed by atoms with Gasteiger partial charge in [-0.1, -0.05) is 42.8 Å². The van der Waals surface area contributed by atoms with Gasteiger partial charge in [-0.05, 0) is 36.9 Å². The summed E-state index contributed by atoms with van der Waals surface area (Å²) < 4.78 is 0. The zero-order chi connectivity index (χ0) is 14.2. The van der Waals surface area contributed by atoms with Crippen LogP contribution in [-0.2, 0) is 17.6 Å². The van der Waals surface area contributed by atoms with E-state index >= 15 is 0 Å². The Hall–Kier alpha value is -1.32. The van der Waals surface area contributed by atoms with E-state index in [9.17, 15) is 4.79 Å². The molecule has 1 aromatic rings. The van der Waals surface area contributed by atoms with Crippen molar-refractivity contribution in [3.63, 3.8) is 0 Å². The summed E-state index contributed by atoms with van der Waals surface area (Å²) in [6.07, 6.45) is 5.66. The van der Waals surface area contributed by atoms with Crippen molar-refractivity contribution in [2.24, 2.45) is 0 Å². The van der Waals surface area contributed by atoms with Crippen molar-refractivity contribution < 1.29 is 4.79 Å². The highest BCUT2D eigenvalue weighted by Crippen LogP contribution is 2.07. The molecule has 0 spiro atoms. The van der Waals surface area contributed by atoms with Gasteiger partial charge in [0, 0.05) is 19.5 Å². The average Bonchev–Trinajstić information content (AvgIpc) is 2.52. The Morgan fingerprint density at radius 1 is 1.24 bits per heavy atom. The van der Waals surface area contributed by atoms with Crippen molar-refractivity contribution in [3.8, 4) is 0 Å². The molecule has 2 N–H and O–H groups in total. The minimum Gasteiger partial charge on any atom is -0.352 e. The third kappa shape index (κ3) is 6.32. The van der Waals surface area contributed by atoms with Crippen molar-refractivity contribution in [1.82, 2.24) is 10.6 Å². The Labute approximate surface area is 133 Å². The molecule has 0 atom stereocenters. The number of carbonyl (C=O) groups excluding carboxylic acids is 1. The van der Waals surface area contributed by atoms with Crippen LogP contribution in [0.2, 0.25) is 0 Å². The molecule has 116 valence electrons. The average molecular weight is 309 g/mol. The minimum atomic E-state index is 0. The van der Waals surface area contributed by atoms with Crippen molar-refractivity contribution in [1.29, 1.82) is 0 Å². The zero-order valence-electron chi connectivity index (χ0n) is 12.7. The molecule has 0 aliphatic carbocycles. The summed E-state index contributed by atoms with van der Waals surface area (Å²) in [4.78, 5) is 11.8. The molecule has 0 bridgehead atoms. The molecular weight excluding hydrogens is 284 g/mol. The largest absolute Gasteiger partial charge is 0.352 e. The summed E-state index contributed by atoms with van der Waals surface area (Å²) in [7, 11) is 0. The number of carbonyl (C=O) groups is 1. The van der Waals surface area contributed by atoms with Crippen molar-refractivity contribution >= 4 is 18.3 Å². The minimum absolute atomic E-state index is 0. The zero-order valence-corrected chi connectivity index (χ0v) is 13.5. The summed E-state index contributed by atoms with van der Waals surface area (Å²) >= 11 is 0. The summed E-state index contributed by atoms with van der Waals surface area (Å²) in [5.74, 6) is 0.143. The van der Waals surface area contributed by atoms with Gasteiger partial charge in [-0.2, -0.15) is 0 Å². The Morgan fingerprint density at radius 3 is 2.57 bits per heavy atom. The van der Waals surface area contributed by atoms with Crippen LogP contribution in [0.4, 0.5) is 0 Å². The third-order valence-electron chi connectivity index (χ3n) is 3.74. The van der Waals surface area contributed by atoms with Gasteiger partial charge in [0.25, 0.3) is 0 Å². The van der Waals surface area contributed by atoms with E-state index in [-0.39, 0.29) is 18.3 Å². The van der Waals surface area contributed by atoms with Crippen molar-refractivity contribution in [2.45, 2.75) is 32.6 Å². The van der Waals surface area contributed by atoms with Crippen LogP contribution in [0, 0.1) is 0 Å². The lowest BCUT2D eigenvalue weighted by Crippen LogP contribution is -2.29. The lowest BCUT2D eigenvalue weighted by molar-refractivity contribution is -0.120. The Bertz CT molecular complexity index is 468. The van der Waals surface area contributed by atoms with Crippen molar-refractivity contribution in [2.75, 3.05) is 19.6 Å². The maximum Gasteiger partial charge on any atom is 0.220 e. The lowest BCUT2D eigenvalue weighted by Gasteiger charge is -2.14. The normalized spacial score (nSPS) is 14.0. The first-order valence-corrected chi connectivity index (χ1v) is 7.51. The number of aryl methyl sites for hydroxylation is 2. The van der Waals surface area contributed by atoms with E-state index in [2.05, 4.69) is 47.9 Å². The van der Waals surface area contributed by atoms with Gasteiger partial charge in [0.2, 0.25) is 5.91 Å². The molecule has 0 unspecified atom stereocenters. The SMILES string of the molecule is CCc1ccc(CCC(=O)NCC2=CCNCC2)cc1.Cl. The third-order valence-corrected chi connectivity index (χ3v) is 3.74.